The molecule has 2 atom stereocenters. The molecule has 0 saturated carbocycles. The van der Waals surface area contributed by atoms with E-state index in [1.54, 1.807) is 26.4 Å². The molecule has 1 aromatic carbocycles. The van der Waals surface area contributed by atoms with Crippen molar-refractivity contribution >= 4 is 30.2 Å². The van der Waals surface area contributed by atoms with Crippen LogP contribution < -0.4 is 9.80 Å². The van der Waals surface area contributed by atoms with Gasteiger partial charge in [-0.25, -0.2) is 15.0 Å². The number of allylic oxidation sites excluding steroid dienone is 1. The van der Waals surface area contributed by atoms with E-state index in [2.05, 4.69) is 26.7 Å². The number of aliphatic imine (C=N–C) groups is 2. The van der Waals surface area contributed by atoms with Gasteiger partial charge in [0.15, 0.2) is 11.5 Å². The molecule has 2 aromatic rings. The molecule has 11 heteroatoms. The fourth-order valence-corrected chi connectivity index (χ4v) is 4.82. The minimum absolute atomic E-state index is 0.0110. The quantitative estimate of drug-likeness (QED) is 0.445. The lowest BCUT2D eigenvalue weighted by Gasteiger charge is -2.24. The number of anilines is 2. The van der Waals surface area contributed by atoms with Gasteiger partial charge in [-0.15, -0.1) is 0 Å². The molecule has 4 rings (SSSR count). The molecule has 2 unspecified atom stereocenters. The molecule has 0 spiro atoms. The number of likely N-dealkylation sites (tertiary alicyclic amines) is 1. The van der Waals surface area contributed by atoms with E-state index in [0.717, 1.165) is 11.6 Å². The molecule has 0 bridgehead atoms. The molecule has 0 N–H and O–H groups in total. The van der Waals surface area contributed by atoms with Crippen LogP contribution in [-0.2, 0) is 6.18 Å². The molecule has 1 aromatic heterocycles. The Kier molecular flexibility index (Phi) is 7.33. The summed E-state index contributed by atoms with van der Waals surface area (Å²) in [4.78, 5) is 35.1. The number of carbonyl (C=O) groups is 1. The van der Waals surface area contributed by atoms with E-state index in [9.17, 15) is 18.0 Å². The average molecular weight is 514 g/mol. The number of amidine groups is 1. The normalized spacial score (nSPS) is 20.0. The minimum atomic E-state index is -4.57. The van der Waals surface area contributed by atoms with Crippen LogP contribution in [0.1, 0.15) is 34.1 Å². The Morgan fingerprint density at radius 3 is 2.35 bits per heavy atom. The van der Waals surface area contributed by atoms with Crippen molar-refractivity contribution < 1.29 is 18.0 Å². The second kappa shape index (κ2) is 10.3. The van der Waals surface area contributed by atoms with E-state index in [4.69, 9.17) is 0 Å². The number of fused-ring (bicyclic) bond motifs is 1. The van der Waals surface area contributed by atoms with Crippen molar-refractivity contribution in [2.24, 2.45) is 21.8 Å². The van der Waals surface area contributed by atoms with Gasteiger partial charge in [0.2, 0.25) is 5.95 Å². The second-order valence-corrected chi connectivity index (χ2v) is 9.58. The molecule has 2 fully saturated rings. The Morgan fingerprint density at radius 2 is 1.78 bits per heavy atom. The summed E-state index contributed by atoms with van der Waals surface area (Å²) in [5.41, 5.74) is 1.09. The highest BCUT2D eigenvalue weighted by molar-refractivity contribution is 6.11. The Hall–Kier alpha value is -3.76. The predicted molar refractivity (Wildman–Crippen MR) is 139 cm³/mol. The maximum absolute atomic E-state index is 13.6. The Bertz CT molecular complexity index is 1240. The van der Waals surface area contributed by atoms with Gasteiger partial charge >= 0.3 is 6.18 Å². The zero-order valence-electron chi connectivity index (χ0n) is 21.3. The SMILES string of the molecule is C=N/C(=N\C=C/C)c1ccc(C)cc1C(=O)N1CC2CN(c3cc(C(F)(F)F)nc(N(C)C)n3)CC2C1. The molecule has 196 valence electrons. The first-order valence-electron chi connectivity index (χ1n) is 12.0. The first-order valence-corrected chi connectivity index (χ1v) is 12.0. The first-order chi connectivity index (χ1) is 17.5. The zero-order valence-corrected chi connectivity index (χ0v) is 21.3. The van der Waals surface area contributed by atoms with Crippen molar-refractivity contribution in [3.8, 4) is 0 Å². The van der Waals surface area contributed by atoms with Crippen LogP contribution in [0.15, 0.2) is 46.5 Å². The third-order valence-electron chi connectivity index (χ3n) is 6.63. The molecule has 8 nitrogen and oxygen atoms in total. The third kappa shape index (κ3) is 5.50. The van der Waals surface area contributed by atoms with Crippen LogP contribution in [0.25, 0.3) is 0 Å². The van der Waals surface area contributed by atoms with Crippen molar-refractivity contribution in [1.82, 2.24) is 14.9 Å². The smallest absolute Gasteiger partial charge is 0.356 e. The van der Waals surface area contributed by atoms with Gasteiger partial charge in [0, 0.05) is 69.9 Å². The largest absolute Gasteiger partial charge is 0.433 e. The maximum Gasteiger partial charge on any atom is 0.433 e. The molecule has 2 aliphatic rings. The van der Waals surface area contributed by atoms with E-state index in [-0.39, 0.29) is 29.5 Å². The van der Waals surface area contributed by atoms with Crippen LogP contribution in [0.3, 0.4) is 0 Å². The number of halogens is 3. The number of aromatic nitrogens is 2. The van der Waals surface area contributed by atoms with Crippen molar-refractivity contribution in [3.05, 3.63) is 58.9 Å². The van der Waals surface area contributed by atoms with Gasteiger partial charge in [-0.1, -0.05) is 23.8 Å². The number of amides is 1. The van der Waals surface area contributed by atoms with Gasteiger partial charge in [-0.3, -0.25) is 4.79 Å². The van der Waals surface area contributed by atoms with Crippen molar-refractivity contribution in [3.63, 3.8) is 0 Å². The van der Waals surface area contributed by atoms with Crippen LogP contribution in [0.4, 0.5) is 24.9 Å². The molecule has 1 amide bonds. The number of carbonyl (C=O) groups excluding carboxylic acids is 1. The van der Waals surface area contributed by atoms with Gasteiger partial charge in [0.05, 0.1) is 5.56 Å². The summed E-state index contributed by atoms with van der Waals surface area (Å²) < 4.78 is 40.3. The second-order valence-electron chi connectivity index (χ2n) is 9.58. The molecular weight excluding hydrogens is 483 g/mol. The van der Waals surface area contributed by atoms with Gasteiger partial charge < -0.3 is 14.7 Å². The summed E-state index contributed by atoms with van der Waals surface area (Å²) in [6.45, 7) is 9.40. The zero-order chi connectivity index (χ0) is 26.9. The highest BCUT2D eigenvalue weighted by Crippen LogP contribution is 2.37. The van der Waals surface area contributed by atoms with Crippen LogP contribution >= 0.6 is 0 Å². The first kappa shape index (κ1) is 26.3. The maximum atomic E-state index is 13.6. The highest BCUT2D eigenvalue weighted by atomic mass is 19.4. The standard InChI is InChI=1S/C26H30F3N7O/c1-6-9-31-23(30-3)19-8-7-16(2)10-20(19)24(37)36-14-17-12-35(13-18(17)15-36)22-11-21(26(27,28)29)32-25(33-22)34(4)5/h6-11,17-18H,3,12-15H2,1-2,4-5H3/b9-6-,31-23-. The number of hydrogen-bond acceptors (Lipinski definition) is 6. The highest BCUT2D eigenvalue weighted by Gasteiger charge is 2.43. The van der Waals surface area contributed by atoms with Crippen molar-refractivity contribution in [2.75, 3.05) is 50.1 Å². The Labute approximate surface area is 214 Å². The van der Waals surface area contributed by atoms with E-state index in [0.29, 0.717) is 43.1 Å². The van der Waals surface area contributed by atoms with Gasteiger partial charge in [0.1, 0.15) is 5.82 Å². The van der Waals surface area contributed by atoms with Crippen LogP contribution in [0.5, 0.6) is 0 Å². The predicted octanol–water partition coefficient (Wildman–Crippen LogP) is 4.06. The molecule has 0 aliphatic carbocycles. The Morgan fingerprint density at radius 1 is 1.11 bits per heavy atom. The number of rotatable bonds is 5. The Balaban J connectivity index is 1.54. The summed E-state index contributed by atoms with van der Waals surface area (Å²) in [5.74, 6) is 0.759. The third-order valence-corrected chi connectivity index (χ3v) is 6.63. The van der Waals surface area contributed by atoms with Crippen LogP contribution in [-0.4, -0.2) is 73.6 Å². The number of aryl methyl sites for hydroxylation is 1. The fraction of sp³-hybridized carbons (Fsp3) is 0.423. The van der Waals surface area contributed by atoms with E-state index in [1.807, 2.05) is 41.8 Å². The summed E-state index contributed by atoms with van der Waals surface area (Å²) in [5, 5.41) is 0. The number of benzene rings is 1. The van der Waals surface area contributed by atoms with E-state index >= 15 is 0 Å². The lowest BCUT2D eigenvalue weighted by atomic mass is 10.0. The monoisotopic (exact) mass is 513 g/mol. The molecular formula is C26H30F3N7O. The van der Waals surface area contributed by atoms with Gasteiger partial charge in [-0.05, 0) is 26.6 Å². The molecule has 3 heterocycles. The van der Waals surface area contributed by atoms with E-state index < -0.39 is 11.9 Å². The van der Waals surface area contributed by atoms with Crippen molar-refractivity contribution in [1.29, 1.82) is 0 Å². The fourth-order valence-electron chi connectivity index (χ4n) is 4.82. The lowest BCUT2D eigenvalue weighted by Crippen LogP contribution is -2.34. The number of nitrogens with zero attached hydrogens (tertiary/aromatic N) is 7. The van der Waals surface area contributed by atoms with E-state index in [1.165, 1.54) is 4.90 Å². The van der Waals surface area contributed by atoms with Gasteiger partial charge in [-0.2, -0.15) is 18.2 Å². The average Bonchev–Trinajstić information content (AvgIpc) is 3.43. The van der Waals surface area contributed by atoms with Crippen molar-refractivity contribution in [2.45, 2.75) is 20.0 Å². The van der Waals surface area contributed by atoms with Gasteiger partial charge in [0.25, 0.3) is 5.91 Å². The topological polar surface area (TPSA) is 77.3 Å². The van der Waals surface area contributed by atoms with Crippen LogP contribution in [0.2, 0.25) is 0 Å². The minimum Gasteiger partial charge on any atom is -0.356 e. The summed E-state index contributed by atoms with van der Waals surface area (Å²) >= 11 is 0. The summed E-state index contributed by atoms with van der Waals surface area (Å²) in [7, 11) is 3.22. The summed E-state index contributed by atoms with van der Waals surface area (Å²) in [6, 6.07) is 6.56. The lowest BCUT2D eigenvalue weighted by molar-refractivity contribution is -0.141. The van der Waals surface area contributed by atoms with Crippen LogP contribution in [0, 0.1) is 18.8 Å². The molecule has 0 radical (unpaired) electrons. The molecule has 2 aliphatic heterocycles. The summed E-state index contributed by atoms with van der Waals surface area (Å²) in [6.07, 6.45) is -1.20. The number of hydrogen-bond donors (Lipinski definition) is 0. The molecule has 37 heavy (non-hydrogen) atoms. The molecule has 2 saturated heterocycles. The number of alkyl halides is 3.